The molecular weight excluding hydrogens is 248 g/mol. The molecule has 0 amide bonds. The Morgan fingerprint density at radius 1 is 1.30 bits per heavy atom. The molecule has 1 saturated heterocycles. The first-order valence-electron chi connectivity index (χ1n) is 7.99. The second-order valence-electron chi connectivity index (χ2n) is 6.23. The largest absolute Gasteiger partial charge is 0.397 e. The Bertz CT molecular complexity index is 454. The van der Waals surface area contributed by atoms with Crippen molar-refractivity contribution >= 4 is 11.4 Å². The van der Waals surface area contributed by atoms with Gasteiger partial charge < -0.3 is 15.4 Å². The van der Waals surface area contributed by atoms with Crippen molar-refractivity contribution in [2.45, 2.75) is 57.1 Å². The van der Waals surface area contributed by atoms with Crippen LogP contribution in [0.2, 0.25) is 0 Å². The summed E-state index contributed by atoms with van der Waals surface area (Å²) in [4.78, 5) is 2.48. The average Bonchev–Trinajstić information content (AvgIpc) is 2.90. The van der Waals surface area contributed by atoms with Gasteiger partial charge in [-0.2, -0.15) is 0 Å². The number of hydrogen-bond acceptors (Lipinski definition) is 3. The van der Waals surface area contributed by atoms with Gasteiger partial charge in [-0.15, -0.1) is 0 Å². The van der Waals surface area contributed by atoms with Gasteiger partial charge in [-0.1, -0.05) is 25.0 Å². The van der Waals surface area contributed by atoms with Crippen LogP contribution in [0.5, 0.6) is 0 Å². The van der Waals surface area contributed by atoms with Gasteiger partial charge in [0.05, 0.1) is 17.0 Å². The predicted molar refractivity (Wildman–Crippen MR) is 84.0 cm³/mol. The molecule has 0 radical (unpaired) electrons. The zero-order valence-electron chi connectivity index (χ0n) is 12.5. The molecule has 2 aliphatic rings. The van der Waals surface area contributed by atoms with E-state index in [1.807, 2.05) is 12.1 Å². The van der Waals surface area contributed by atoms with Crippen LogP contribution in [0.3, 0.4) is 0 Å². The Hall–Kier alpha value is -1.22. The summed E-state index contributed by atoms with van der Waals surface area (Å²) in [6.45, 7) is 4.13. The molecule has 110 valence electrons. The average molecular weight is 274 g/mol. The second-order valence-corrected chi connectivity index (χ2v) is 6.23. The molecule has 20 heavy (non-hydrogen) atoms. The van der Waals surface area contributed by atoms with E-state index < -0.39 is 0 Å². The fourth-order valence-electron chi connectivity index (χ4n) is 4.01. The molecule has 0 bridgehead atoms. The second kappa shape index (κ2) is 5.65. The maximum Gasteiger partial charge on any atom is 0.0702 e. The zero-order chi connectivity index (χ0) is 14.0. The number of para-hydroxylation sites is 2. The van der Waals surface area contributed by atoms with Crippen molar-refractivity contribution in [2.24, 2.45) is 0 Å². The van der Waals surface area contributed by atoms with E-state index in [2.05, 4.69) is 24.0 Å². The first-order chi connectivity index (χ1) is 9.74. The first-order valence-corrected chi connectivity index (χ1v) is 7.99. The van der Waals surface area contributed by atoms with Crippen LogP contribution in [-0.4, -0.2) is 24.8 Å². The minimum Gasteiger partial charge on any atom is -0.397 e. The summed E-state index contributed by atoms with van der Waals surface area (Å²) in [7, 11) is 0. The molecule has 1 aliphatic carbocycles. The van der Waals surface area contributed by atoms with Crippen LogP contribution in [0, 0.1) is 0 Å². The van der Waals surface area contributed by atoms with E-state index in [0.717, 1.165) is 31.7 Å². The Kier molecular flexibility index (Phi) is 3.88. The lowest BCUT2D eigenvalue weighted by Gasteiger charge is -2.44. The fourth-order valence-corrected chi connectivity index (χ4v) is 4.01. The first kappa shape index (κ1) is 13.7. The van der Waals surface area contributed by atoms with Gasteiger partial charge in [-0.3, -0.25) is 0 Å². The van der Waals surface area contributed by atoms with Gasteiger partial charge in [0.2, 0.25) is 0 Å². The van der Waals surface area contributed by atoms with E-state index in [0.29, 0.717) is 6.04 Å². The molecule has 3 rings (SSSR count). The predicted octanol–water partition coefficient (Wildman–Crippen LogP) is 3.59. The van der Waals surface area contributed by atoms with Crippen LogP contribution < -0.4 is 10.6 Å². The Morgan fingerprint density at radius 2 is 2.05 bits per heavy atom. The van der Waals surface area contributed by atoms with Gasteiger partial charge in [0.25, 0.3) is 0 Å². The number of anilines is 2. The van der Waals surface area contributed by atoms with E-state index in [4.69, 9.17) is 10.5 Å². The van der Waals surface area contributed by atoms with E-state index >= 15 is 0 Å². The van der Waals surface area contributed by atoms with Gasteiger partial charge in [-0.05, 0) is 44.7 Å². The number of nitrogens with zero attached hydrogens (tertiary/aromatic N) is 1. The van der Waals surface area contributed by atoms with Gasteiger partial charge in [0.1, 0.15) is 0 Å². The molecule has 1 aromatic rings. The van der Waals surface area contributed by atoms with Crippen molar-refractivity contribution < 1.29 is 4.74 Å². The molecule has 2 fully saturated rings. The van der Waals surface area contributed by atoms with Crippen molar-refractivity contribution in [2.75, 3.05) is 23.8 Å². The molecule has 1 aliphatic heterocycles. The van der Waals surface area contributed by atoms with E-state index in [9.17, 15) is 0 Å². The minimum absolute atomic E-state index is 0.167. The number of nitrogen functional groups attached to an aromatic ring is 1. The standard InChI is InChI=1S/C17H26N2O/c1-2-19(16-8-4-3-7-15(16)18)14-9-12-20-17(13-14)10-5-6-11-17/h3-4,7-8,14H,2,5-6,9-13,18H2,1H3. The van der Waals surface area contributed by atoms with Crippen LogP contribution in [0.4, 0.5) is 11.4 Å². The topological polar surface area (TPSA) is 38.5 Å². The Morgan fingerprint density at radius 3 is 2.75 bits per heavy atom. The van der Waals surface area contributed by atoms with Crippen molar-refractivity contribution in [3.63, 3.8) is 0 Å². The molecule has 2 N–H and O–H groups in total. The third kappa shape index (κ3) is 2.51. The number of nitrogens with two attached hydrogens (primary N) is 1. The Balaban J connectivity index is 1.81. The summed E-state index contributed by atoms with van der Waals surface area (Å²) < 4.78 is 6.16. The number of rotatable bonds is 3. The quantitative estimate of drug-likeness (QED) is 0.856. The lowest BCUT2D eigenvalue weighted by atomic mass is 9.88. The van der Waals surface area contributed by atoms with Crippen LogP contribution in [0.25, 0.3) is 0 Å². The molecule has 1 unspecified atom stereocenters. The maximum absolute atomic E-state index is 6.18. The SMILES string of the molecule is CCN(c1ccccc1N)C1CCOC2(CCCC2)C1. The molecule has 3 heteroatoms. The number of ether oxygens (including phenoxy) is 1. The molecular formula is C17H26N2O. The third-order valence-corrected chi connectivity index (χ3v) is 5.01. The van der Waals surface area contributed by atoms with Crippen molar-refractivity contribution in [3.05, 3.63) is 24.3 Å². The van der Waals surface area contributed by atoms with Gasteiger partial charge in [0.15, 0.2) is 0 Å². The highest BCUT2D eigenvalue weighted by atomic mass is 16.5. The third-order valence-electron chi connectivity index (χ3n) is 5.01. The van der Waals surface area contributed by atoms with Crippen molar-refractivity contribution in [1.29, 1.82) is 0 Å². The van der Waals surface area contributed by atoms with E-state index in [1.54, 1.807) is 0 Å². The summed E-state index contributed by atoms with van der Waals surface area (Å²) in [6.07, 6.45) is 7.41. The minimum atomic E-state index is 0.167. The molecule has 3 nitrogen and oxygen atoms in total. The molecule has 0 aromatic heterocycles. The molecule has 1 heterocycles. The monoisotopic (exact) mass is 274 g/mol. The summed E-state index contributed by atoms with van der Waals surface area (Å²) in [6, 6.07) is 8.81. The summed E-state index contributed by atoms with van der Waals surface area (Å²) in [5.74, 6) is 0. The normalized spacial score (nSPS) is 24.9. The molecule has 1 atom stereocenters. The van der Waals surface area contributed by atoms with Crippen LogP contribution in [0.1, 0.15) is 45.4 Å². The smallest absolute Gasteiger partial charge is 0.0702 e. The Labute approximate surface area is 122 Å². The molecule has 1 spiro atoms. The van der Waals surface area contributed by atoms with Crippen molar-refractivity contribution in [1.82, 2.24) is 0 Å². The van der Waals surface area contributed by atoms with Gasteiger partial charge in [0, 0.05) is 19.2 Å². The highest BCUT2D eigenvalue weighted by Gasteiger charge is 2.41. The highest BCUT2D eigenvalue weighted by molar-refractivity contribution is 5.67. The zero-order valence-corrected chi connectivity index (χ0v) is 12.5. The fraction of sp³-hybridized carbons (Fsp3) is 0.647. The van der Waals surface area contributed by atoms with Gasteiger partial charge >= 0.3 is 0 Å². The maximum atomic E-state index is 6.18. The number of benzene rings is 1. The highest BCUT2D eigenvalue weighted by Crippen LogP contribution is 2.42. The van der Waals surface area contributed by atoms with Crippen LogP contribution in [0.15, 0.2) is 24.3 Å². The van der Waals surface area contributed by atoms with Crippen molar-refractivity contribution in [3.8, 4) is 0 Å². The molecule has 1 saturated carbocycles. The summed E-state index contributed by atoms with van der Waals surface area (Å²) >= 11 is 0. The molecule has 1 aromatic carbocycles. The summed E-state index contributed by atoms with van der Waals surface area (Å²) in [5, 5.41) is 0. The lowest BCUT2D eigenvalue weighted by molar-refractivity contribution is -0.0799. The van der Waals surface area contributed by atoms with Gasteiger partial charge in [-0.25, -0.2) is 0 Å². The number of hydrogen-bond donors (Lipinski definition) is 1. The summed E-state index contributed by atoms with van der Waals surface area (Å²) in [5.41, 5.74) is 8.42. The van der Waals surface area contributed by atoms with E-state index in [-0.39, 0.29) is 5.60 Å². The van der Waals surface area contributed by atoms with E-state index in [1.165, 1.54) is 31.4 Å². The van der Waals surface area contributed by atoms with Crippen LogP contribution >= 0.6 is 0 Å². The van der Waals surface area contributed by atoms with Crippen LogP contribution in [-0.2, 0) is 4.74 Å². The lowest BCUT2D eigenvalue weighted by Crippen LogP contribution is -2.48.